The van der Waals surface area contributed by atoms with Gasteiger partial charge >= 0.3 is 11.6 Å². The van der Waals surface area contributed by atoms with E-state index in [1.807, 2.05) is 17.0 Å². The van der Waals surface area contributed by atoms with Gasteiger partial charge in [-0.2, -0.15) is 8.42 Å². The van der Waals surface area contributed by atoms with Crippen molar-refractivity contribution in [3.8, 4) is 0 Å². The second-order valence-electron chi connectivity index (χ2n) is 9.34. The highest BCUT2D eigenvalue weighted by atomic mass is 32.2. The fourth-order valence-corrected chi connectivity index (χ4v) is 6.59. The Kier molecular flexibility index (Phi) is 5.25. The molecule has 3 aromatic rings. The predicted molar refractivity (Wildman–Crippen MR) is 129 cm³/mol. The number of piperidine rings is 1. The standard InChI is InChI=1S/C26H24N2O6S/c29-24-13-19(21-11-16-5-3-6-17(16)12-22(21)34-24)15-33-26(30)18-7-4-10-28(14-18)25-20-8-1-2-9-23(20)35(31,32)27-25/h1-2,8-9,11-13,18H,3-7,10,14-15H2/t18-/m0/s1. The second-order valence-corrected chi connectivity index (χ2v) is 10.9. The summed E-state index contributed by atoms with van der Waals surface area (Å²) in [6, 6.07) is 12.1. The van der Waals surface area contributed by atoms with Crippen LogP contribution in [0.5, 0.6) is 0 Å². The lowest BCUT2D eigenvalue weighted by Crippen LogP contribution is -2.42. The molecule has 2 aliphatic heterocycles. The molecule has 1 aliphatic carbocycles. The van der Waals surface area contributed by atoms with Crippen molar-refractivity contribution in [1.29, 1.82) is 0 Å². The third-order valence-electron chi connectivity index (χ3n) is 7.08. The first-order chi connectivity index (χ1) is 16.9. The number of carbonyl (C=O) groups excluding carboxylic acids is 1. The van der Waals surface area contributed by atoms with Crippen molar-refractivity contribution in [2.75, 3.05) is 13.1 Å². The van der Waals surface area contributed by atoms with E-state index in [1.165, 1.54) is 17.2 Å². The first-order valence-electron chi connectivity index (χ1n) is 11.8. The van der Waals surface area contributed by atoms with Crippen LogP contribution in [0.4, 0.5) is 0 Å². The van der Waals surface area contributed by atoms with Crippen LogP contribution >= 0.6 is 0 Å². The molecule has 35 heavy (non-hydrogen) atoms. The Morgan fingerprint density at radius 3 is 2.77 bits per heavy atom. The number of amidine groups is 1. The number of carbonyl (C=O) groups is 1. The minimum atomic E-state index is -3.73. The van der Waals surface area contributed by atoms with Gasteiger partial charge in [0.1, 0.15) is 17.1 Å². The maximum atomic E-state index is 13.0. The van der Waals surface area contributed by atoms with Gasteiger partial charge < -0.3 is 14.1 Å². The Morgan fingerprint density at radius 2 is 1.91 bits per heavy atom. The largest absolute Gasteiger partial charge is 0.461 e. The van der Waals surface area contributed by atoms with E-state index < -0.39 is 21.6 Å². The number of sulfonamides is 1. The molecule has 2 aromatic carbocycles. The summed E-state index contributed by atoms with van der Waals surface area (Å²) in [6.45, 7) is 0.920. The number of nitrogens with zero attached hydrogens (tertiary/aromatic N) is 2. The van der Waals surface area contributed by atoms with E-state index in [9.17, 15) is 18.0 Å². The minimum absolute atomic E-state index is 0.0195. The van der Waals surface area contributed by atoms with E-state index >= 15 is 0 Å². The Labute approximate surface area is 202 Å². The molecule has 0 spiro atoms. The minimum Gasteiger partial charge on any atom is -0.461 e. The molecule has 3 aliphatic rings. The van der Waals surface area contributed by atoms with Crippen molar-refractivity contribution < 1.29 is 22.4 Å². The normalized spacial score (nSPS) is 20.4. The molecule has 3 heterocycles. The van der Waals surface area contributed by atoms with Gasteiger partial charge in [-0.25, -0.2) is 4.79 Å². The number of hydrogen-bond donors (Lipinski definition) is 0. The monoisotopic (exact) mass is 492 g/mol. The number of aryl methyl sites for hydroxylation is 2. The van der Waals surface area contributed by atoms with Gasteiger partial charge in [0.25, 0.3) is 10.0 Å². The fraction of sp³-hybridized carbons (Fsp3) is 0.346. The molecule has 1 fully saturated rings. The molecule has 0 unspecified atom stereocenters. The van der Waals surface area contributed by atoms with Crippen LogP contribution in [-0.2, 0) is 39.0 Å². The number of ether oxygens (including phenoxy) is 1. The zero-order valence-electron chi connectivity index (χ0n) is 19.0. The molecule has 0 saturated carbocycles. The number of rotatable bonds is 3. The summed E-state index contributed by atoms with van der Waals surface area (Å²) in [7, 11) is -3.73. The van der Waals surface area contributed by atoms with Crippen LogP contribution in [0, 0.1) is 5.92 Å². The van der Waals surface area contributed by atoms with Crippen LogP contribution in [0.15, 0.2) is 61.0 Å². The molecular formula is C26H24N2O6S. The lowest BCUT2D eigenvalue weighted by atomic mass is 9.97. The summed E-state index contributed by atoms with van der Waals surface area (Å²) >= 11 is 0. The van der Waals surface area contributed by atoms with Gasteiger partial charge in [0.2, 0.25) is 0 Å². The van der Waals surface area contributed by atoms with Crippen molar-refractivity contribution in [3.63, 3.8) is 0 Å². The zero-order chi connectivity index (χ0) is 24.2. The predicted octanol–water partition coefficient (Wildman–Crippen LogP) is 3.19. The second kappa shape index (κ2) is 8.34. The molecule has 9 heteroatoms. The zero-order valence-corrected chi connectivity index (χ0v) is 19.8. The topological polar surface area (TPSA) is 106 Å². The molecule has 1 atom stereocenters. The first-order valence-corrected chi connectivity index (χ1v) is 13.3. The van der Waals surface area contributed by atoms with Gasteiger partial charge in [-0.05, 0) is 67.5 Å². The Balaban J connectivity index is 1.20. The molecular weight excluding hydrogens is 468 g/mol. The van der Waals surface area contributed by atoms with Crippen LogP contribution in [-0.4, -0.2) is 38.2 Å². The molecule has 8 nitrogen and oxygen atoms in total. The third-order valence-corrected chi connectivity index (χ3v) is 8.40. The van der Waals surface area contributed by atoms with Gasteiger partial charge in [-0.3, -0.25) is 4.79 Å². The van der Waals surface area contributed by atoms with Gasteiger partial charge in [-0.15, -0.1) is 4.40 Å². The summed E-state index contributed by atoms with van der Waals surface area (Å²) < 4.78 is 40.0. The average molecular weight is 493 g/mol. The number of likely N-dealkylation sites (tertiary alicyclic amines) is 1. The summed E-state index contributed by atoms with van der Waals surface area (Å²) in [6.07, 6.45) is 4.40. The maximum absolute atomic E-state index is 13.0. The lowest BCUT2D eigenvalue weighted by Gasteiger charge is -2.32. The average Bonchev–Trinajstić information content (AvgIpc) is 3.42. The van der Waals surface area contributed by atoms with Gasteiger partial charge in [0.15, 0.2) is 5.84 Å². The van der Waals surface area contributed by atoms with Crippen LogP contribution in [0.25, 0.3) is 11.0 Å². The molecule has 6 rings (SSSR count). The number of hydrogen-bond acceptors (Lipinski definition) is 7. The summed E-state index contributed by atoms with van der Waals surface area (Å²) in [5.41, 5.74) is 3.70. The van der Waals surface area contributed by atoms with Crippen LogP contribution in [0.3, 0.4) is 0 Å². The van der Waals surface area contributed by atoms with Gasteiger partial charge in [-0.1, -0.05) is 12.1 Å². The Hall–Kier alpha value is -3.46. The Bertz CT molecular complexity index is 1560. The van der Waals surface area contributed by atoms with Crippen LogP contribution in [0.1, 0.15) is 41.5 Å². The molecule has 0 bridgehead atoms. The summed E-state index contributed by atoms with van der Waals surface area (Å²) in [4.78, 5) is 27.2. The molecule has 180 valence electrons. The number of fused-ring (bicyclic) bond motifs is 3. The smallest absolute Gasteiger partial charge is 0.336 e. The van der Waals surface area contributed by atoms with Crippen LogP contribution < -0.4 is 5.63 Å². The van der Waals surface area contributed by atoms with E-state index in [2.05, 4.69) is 4.40 Å². The first kappa shape index (κ1) is 22.0. The van der Waals surface area contributed by atoms with E-state index in [0.717, 1.165) is 24.6 Å². The number of esters is 1. The van der Waals surface area contributed by atoms with Crippen molar-refractivity contribution in [2.45, 2.75) is 43.6 Å². The Morgan fingerprint density at radius 1 is 1.11 bits per heavy atom. The molecule has 0 amide bonds. The quantitative estimate of drug-likeness (QED) is 0.408. The highest BCUT2D eigenvalue weighted by Gasteiger charge is 2.35. The van der Waals surface area contributed by atoms with Gasteiger partial charge in [0, 0.05) is 35.7 Å². The summed E-state index contributed by atoms with van der Waals surface area (Å²) in [5, 5.41) is 0.797. The van der Waals surface area contributed by atoms with E-state index in [4.69, 9.17) is 9.15 Å². The fourth-order valence-electron chi connectivity index (χ4n) is 5.36. The van der Waals surface area contributed by atoms with E-state index in [0.29, 0.717) is 48.5 Å². The molecule has 1 aromatic heterocycles. The van der Waals surface area contributed by atoms with Gasteiger partial charge in [0.05, 0.1) is 5.92 Å². The van der Waals surface area contributed by atoms with Crippen LogP contribution in [0.2, 0.25) is 0 Å². The molecule has 1 saturated heterocycles. The molecule has 0 radical (unpaired) electrons. The number of benzene rings is 2. The van der Waals surface area contributed by atoms with Crippen molar-refractivity contribution in [2.24, 2.45) is 10.3 Å². The van der Waals surface area contributed by atoms with Crippen molar-refractivity contribution >= 4 is 32.8 Å². The molecule has 0 N–H and O–H groups in total. The van der Waals surface area contributed by atoms with Crippen molar-refractivity contribution in [1.82, 2.24) is 4.90 Å². The SMILES string of the molecule is O=C(OCc1cc(=O)oc2cc3c(cc12)CCC3)[C@H]1CCCN(C2=NS(=O)(=O)c3ccccc32)C1. The third kappa shape index (κ3) is 3.93. The summed E-state index contributed by atoms with van der Waals surface area (Å²) in [5.74, 6) is -0.400. The van der Waals surface area contributed by atoms with Crippen molar-refractivity contribution in [3.05, 3.63) is 75.1 Å². The maximum Gasteiger partial charge on any atom is 0.336 e. The highest BCUT2D eigenvalue weighted by Crippen LogP contribution is 2.31. The lowest BCUT2D eigenvalue weighted by molar-refractivity contribution is -0.151. The highest BCUT2D eigenvalue weighted by molar-refractivity contribution is 7.90. The van der Waals surface area contributed by atoms with E-state index in [1.54, 1.807) is 24.3 Å². The van der Waals surface area contributed by atoms with E-state index in [-0.39, 0.29) is 17.5 Å².